The van der Waals surface area contributed by atoms with E-state index in [4.69, 9.17) is 4.74 Å². The van der Waals surface area contributed by atoms with E-state index in [1.165, 1.54) is 5.56 Å². The number of imidazole rings is 1. The number of ether oxygens (including phenoxy) is 1. The number of aromatic amines is 1. The molecule has 7 heteroatoms. The van der Waals surface area contributed by atoms with Crippen molar-refractivity contribution < 1.29 is 4.74 Å². The first-order valence-corrected chi connectivity index (χ1v) is 9.11. The monoisotopic (exact) mass is 374 g/mol. The summed E-state index contributed by atoms with van der Waals surface area (Å²) in [6.45, 7) is 4.36. The van der Waals surface area contributed by atoms with Crippen molar-refractivity contribution >= 4 is 34.3 Å². The molecule has 0 aliphatic carbocycles. The summed E-state index contributed by atoms with van der Waals surface area (Å²) in [5, 5.41) is 6.58. The third kappa shape index (κ3) is 3.73. The smallest absolute Gasteiger partial charge is 0.231 e. The predicted octanol–water partition coefficient (Wildman–Crippen LogP) is 4.97. The summed E-state index contributed by atoms with van der Waals surface area (Å²) in [4.78, 5) is 16.5. The first kappa shape index (κ1) is 17.8. The first-order valence-electron chi connectivity index (χ1n) is 9.11. The van der Waals surface area contributed by atoms with Crippen molar-refractivity contribution in [2.45, 2.75) is 19.8 Å². The number of nitrogens with zero attached hydrogens (tertiary/aromatic N) is 3. The van der Waals surface area contributed by atoms with E-state index in [1.807, 2.05) is 24.3 Å². The second-order valence-corrected chi connectivity index (χ2v) is 6.75. The maximum Gasteiger partial charge on any atom is 0.231 e. The highest BCUT2D eigenvalue weighted by atomic mass is 16.5. The summed E-state index contributed by atoms with van der Waals surface area (Å²) in [6, 6.07) is 15.9. The van der Waals surface area contributed by atoms with E-state index in [0.29, 0.717) is 23.3 Å². The molecule has 0 amide bonds. The molecule has 28 heavy (non-hydrogen) atoms. The molecule has 0 spiro atoms. The molecule has 2 aromatic heterocycles. The summed E-state index contributed by atoms with van der Waals surface area (Å²) < 4.78 is 5.19. The Hall–Kier alpha value is -3.61. The number of hydrogen-bond donors (Lipinski definition) is 3. The fraction of sp³-hybridized carbons (Fsp3) is 0.190. The number of hydrogen-bond acceptors (Lipinski definition) is 6. The molecule has 0 atom stereocenters. The molecule has 0 aliphatic heterocycles. The second kappa shape index (κ2) is 7.56. The van der Waals surface area contributed by atoms with Crippen LogP contribution in [0.5, 0.6) is 5.75 Å². The first-order chi connectivity index (χ1) is 13.6. The molecule has 3 N–H and O–H groups in total. The Morgan fingerprint density at radius 2 is 1.57 bits per heavy atom. The zero-order valence-corrected chi connectivity index (χ0v) is 16.0. The zero-order valence-electron chi connectivity index (χ0n) is 16.0. The van der Waals surface area contributed by atoms with Gasteiger partial charge in [-0.05, 0) is 47.9 Å². The molecular formula is C21H22N6O. The SMILES string of the molecule is COc1ccc(Nc2nc(Nc3ccc(C(C)C)cc3)c3[nH]cnc3n2)cc1. The van der Waals surface area contributed by atoms with E-state index >= 15 is 0 Å². The molecule has 7 nitrogen and oxygen atoms in total. The van der Waals surface area contributed by atoms with Crippen LogP contribution in [0.1, 0.15) is 25.3 Å². The molecule has 0 saturated carbocycles. The van der Waals surface area contributed by atoms with Gasteiger partial charge in [0, 0.05) is 11.4 Å². The van der Waals surface area contributed by atoms with Crippen molar-refractivity contribution in [1.82, 2.24) is 19.9 Å². The van der Waals surface area contributed by atoms with Crippen LogP contribution in [-0.2, 0) is 0 Å². The minimum atomic E-state index is 0.464. The van der Waals surface area contributed by atoms with Crippen LogP contribution in [-0.4, -0.2) is 27.0 Å². The number of H-pyrrole nitrogens is 1. The molecule has 4 rings (SSSR count). The van der Waals surface area contributed by atoms with Gasteiger partial charge >= 0.3 is 0 Å². The van der Waals surface area contributed by atoms with E-state index in [0.717, 1.165) is 22.6 Å². The largest absolute Gasteiger partial charge is 0.497 e. The Labute approximate surface area is 163 Å². The average molecular weight is 374 g/mol. The fourth-order valence-corrected chi connectivity index (χ4v) is 2.87. The van der Waals surface area contributed by atoms with E-state index in [1.54, 1.807) is 13.4 Å². The minimum absolute atomic E-state index is 0.464. The Morgan fingerprint density at radius 1 is 0.893 bits per heavy atom. The van der Waals surface area contributed by atoms with E-state index in [-0.39, 0.29) is 0 Å². The molecule has 0 fully saturated rings. The average Bonchev–Trinajstić information content (AvgIpc) is 3.18. The molecule has 0 bridgehead atoms. The van der Waals surface area contributed by atoms with Crippen molar-refractivity contribution in [2.24, 2.45) is 0 Å². The third-order valence-electron chi connectivity index (χ3n) is 4.47. The van der Waals surface area contributed by atoms with Gasteiger partial charge in [0.1, 0.15) is 11.3 Å². The molecule has 0 saturated heterocycles. The lowest BCUT2D eigenvalue weighted by Gasteiger charge is -2.11. The van der Waals surface area contributed by atoms with Gasteiger partial charge in [-0.2, -0.15) is 9.97 Å². The molecule has 2 heterocycles. The van der Waals surface area contributed by atoms with Crippen LogP contribution in [0.25, 0.3) is 11.2 Å². The highest BCUT2D eigenvalue weighted by molar-refractivity contribution is 5.86. The summed E-state index contributed by atoms with van der Waals surface area (Å²) in [6.07, 6.45) is 1.61. The number of nitrogens with one attached hydrogen (secondary N) is 3. The molecular weight excluding hydrogens is 352 g/mol. The van der Waals surface area contributed by atoms with Crippen molar-refractivity contribution in [1.29, 1.82) is 0 Å². The van der Waals surface area contributed by atoms with Crippen molar-refractivity contribution in [3.05, 3.63) is 60.4 Å². The molecule has 142 valence electrons. The summed E-state index contributed by atoms with van der Waals surface area (Å²) >= 11 is 0. The summed E-state index contributed by atoms with van der Waals surface area (Å²) in [5.41, 5.74) is 4.46. The number of rotatable bonds is 6. The Balaban J connectivity index is 1.62. The van der Waals surface area contributed by atoms with Crippen LogP contribution in [0.15, 0.2) is 54.9 Å². The zero-order chi connectivity index (χ0) is 19.5. The fourth-order valence-electron chi connectivity index (χ4n) is 2.87. The second-order valence-electron chi connectivity index (χ2n) is 6.75. The molecule has 2 aromatic carbocycles. The van der Waals surface area contributed by atoms with Crippen molar-refractivity contribution in [3.8, 4) is 5.75 Å². The van der Waals surface area contributed by atoms with Gasteiger partial charge in [-0.1, -0.05) is 26.0 Å². The van der Waals surface area contributed by atoms with Crippen molar-refractivity contribution in [2.75, 3.05) is 17.7 Å². The quantitative estimate of drug-likeness (QED) is 0.441. The molecule has 0 radical (unpaired) electrons. The van der Waals surface area contributed by atoms with Crippen LogP contribution < -0.4 is 15.4 Å². The van der Waals surface area contributed by atoms with Crippen molar-refractivity contribution in [3.63, 3.8) is 0 Å². The molecule has 0 aliphatic rings. The highest BCUT2D eigenvalue weighted by Gasteiger charge is 2.11. The maximum atomic E-state index is 5.19. The number of benzene rings is 2. The van der Waals surface area contributed by atoms with Gasteiger partial charge < -0.3 is 20.4 Å². The third-order valence-corrected chi connectivity index (χ3v) is 4.47. The minimum Gasteiger partial charge on any atom is -0.497 e. The summed E-state index contributed by atoms with van der Waals surface area (Å²) in [7, 11) is 1.64. The van der Waals surface area contributed by atoms with Gasteiger partial charge in [-0.15, -0.1) is 0 Å². The topological polar surface area (TPSA) is 87.8 Å². The lowest BCUT2D eigenvalue weighted by molar-refractivity contribution is 0.415. The Kier molecular flexibility index (Phi) is 4.80. The van der Waals surface area contributed by atoms with Gasteiger partial charge in [0.2, 0.25) is 5.95 Å². The van der Waals surface area contributed by atoms with Crippen LogP contribution in [0.4, 0.5) is 23.1 Å². The van der Waals surface area contributed by atoms with Gasteiger partial charge in [0.05, 0.1) is 13.4 Å². The lowest BCUT2D eigenvalue weighted by Crippen LogP contribution is -2.02. The number of anilines is 4. The molecule has 0 unspecified atom stereocenters. The van der Waals surface area contributed by atoms with Crippen LogP contribution in [0.3, 0.4) is 0 Å². The summed E-state index contributed by atoms with van der Waals surface area (Å²) in [5.74, 6) is 2.41. The van der Waals surface area contributed by atoms with Crippen LogP contribution >= 0.6 is 0 Å². The van der Waals surface area contributed by atoms with E-state index < -0.39 is 0 Å². The van der Waals surface area contributed by atoms with Crippen LogP contribution in [0, 0.1) is 0 Å². The number of methoxy groups -OCH3 is 1. The van der Waals surface area contributed by atoms with Gasteiger partial charge in [-0.25, -0.2) is 4.98 Å². The Bertz CT molecular complexity index is 1070. The number of fused-ring (bicyclic) bond motifs is 1. The predicted molar refractivity (Wildman–Crippen MR) is 112 cm³/mol. The van der Waals surface area contributed by atoms with E-state index in [9.17, 15) is 0 Å². The van der Waals surface area contributed by atoms with E-state index in [2.05, 4.69) is 68.7 Å². The molecule has 4 aromatic rings. The van der Waals surface area contributed by atoms with Gasteiger partial charge in [0.25, 0.3) is 0 Å². The normalized spacial score (nSPS) is 11.0. The Morgan fingerprint density at radius 3 is 2.25 bits per heavy atom. The number of aromatic nitrogens is 4. The highest BCUT2D eigenvalue weighted by Crippen LogP contribution is 2.26. The standard InChI is InChI=1S/C21H22N6O/c1-13(2)14-4-6-15(7-5-14)24-20-18-19(23-12-22-18)26-21(27-20)25-16-8-10-17(28-3)11-9-16/h4-13H,1-3H3,(H3,22,23,24,25,26,27). The van der Waals surface area contributed by atoms with Gasteiger partial charge in [0.15, 0.2) is 11.5 Å². The van der Waals surface area contributed by atoms with Gasteiger partial charge in [-0.3, -0.25) is 0 Å². The van der Waals surface area contributed by atoms with Crippen LogP contribution in [0.2, 0.25) is 0 Å². The lowest BCUT2D eigenvalue weighted by atomic mass is 10.0. The maximum absolute atomic E-state index is 5.19.